The second kappa shape index (κ2) is 8.71. The Labute approximate surface area is 168 Å². The predicted octanol–water partition coefficient (Wildman–Crippen LogP) is 1.77. The number of amides is 1. The standard InChI is InChI=1S/C22H24FNO5/c23-18-7-5-16(6-8-18)12-22(21(28)29)14-24(10-9-19(22)26)20(27)11-15-1-3-17(13-25)4-2-15/h1-8,19,25-26H,9-14H2,(H,28,29)/t19-,22+/m0/s1. The number of piperidine rings is 1. The average molecular weight is 401 g/mol. The van der Waals surface area contributed by atoms with Gasteiger partial charge in [0.1, 0.15) is 11.2 Å². The number of carbonyl (C=O) groups excluding carboxylic acids is 1. The molecule has 2 aromatic carbocycles. The highest BCUT2D eigenvalue weighted by molar-refractivity contribution is 5.82. The number of hydrogen-bond acceptors (Lipinski definition) is 4. The van der Waals surface area contributed by atoms with Crippen molar-refractivity contribution in [2.45, 2.75) is 32.0 Å². The summed E-state index contributed by atoms with van der Waals surface area (Å²) >= 11 is 0. The number of carbonyl (C=O) groups is 2. The van der Waals surface area contributed by atoms with Gasteiger partial charge in [-0.2, -0.15) is 0 Å². The third-order valence-electron chi connectivity index (χ3n) is 5.56. The second-order valence-electron chi connectivity index (χ2n) is 7.54. The van der Waals surface area contributed by atoms with Crippen molar-refractivity contribution in [1.82, 2.24) is 4.90 Å². The van der Waals surface area contributed by atoms with Gasteiger partial charge in [-0.1, -0.05) is 36.4 Å². The predicted molar refractivity (Wildman–Crippen MR) is 103 cm³/mol. The number of carboxylic acid groups (broad SMARTS) is 1. The molecule has 3 N–H and O–H groups in total. The lowest BCUT2D eigenvalue weighted by Gasteiger charge is -2.43. The van der Waals surface area contributed by atoms with Crippen LogP contribution >= 0.6 is 0 Å². The van der Waals surface area contributed by atoms with Crippen LogP contribution in [-0.4, -0.2) is 51.3 Å². The zero-order valence-electron chi connectivity index (χ0n) is 15.9. The first-order chi connectivity index (χ1) is 13.8. The zero-order valence-corrected chi connectivity index (χ0v) is 15.9. The first-order valence-electron chi connectivity index (χ1n) is 9.46. The summed E-state index contributed by atoms with van der Waals surface area (Å²) in [5.74, 6) is -1.83. The summed E-state index contributed by atoms with van der Waals surface area (Å²) in [5, 5.41) is 29.6. The van der Waals surface area contributed by atoms with Crippen molar-refractivity contribution in [2.24, 2.45) is 5.41 Å². The average Bonchev–Trinajstić information content (AvgIpc) is 2.71. The molecular weight excluding hydrogens is 377 g/mol. The van der Waals surface area contributed by atoms with E-state index in [1.807, 2.05) is 0 Å². The fourth-order valence-corrected chi connectivity index (χ4v) is 3.77. The van der Waals surface area contributed by atoms with E-state index in [1.165, 1.54) is 29.2 Å². The maximum Gasteiger partial charge on any atom is 0.314 e. The number of rotatable bonds is 6. The first kappa shape index (κ1) is 21.0. The highest BCUT2D eigenvalue weighted by Gasteiger charge is 2.50. The molecular formula is C22H24FNO5. The van der Waals surface area contributed by atoms with Crippen LogP contribution < -0.4 is 0 Å². The Morgan fingerprint density at radius 1 is 1.03 bits per heavy atom. The molecule has 29 heavy (non-hydrogen) atoms. The van der Waals surface area contributed by atoms with E-state index < -0.39 is 23.3 Å². The molecule has 1 heterocycles. The van der Waals surface area contributed by atoms with Crippen molar-refractivity contribution in [2.75, 3.05) is 13.1 Å². The van der Waals surface area contributed by atoms with E-state index in [2.05, 4.69) is 0 Å². The number of aliphatic carboxylic acids is 1. The van der Waals surface area contributed by atoms with Gasteiger partial charge in [0.2, 0.25) is 5.91 Å². The Morgan fingerprint density at radius 3 is 2.21 bits per heavy atom. The molecule has 0 saturated carbocycles. The molecule has 3 rings (SSSR count). The molecule has 7 heteroatoms. The molecule has 154 valence electrons. The Balaban J connectivity index is 1.77. The number of aliphatic hydroxyl groups is 2. The van der Waals surface area contributed by atoms with Crippen molar-refractivity contribution in [1.29, 1.82) is 0 Å². The SMILES string of the molecule is O=C(Cc1ccc(CO)cc1)N1CC[C@H](O)[C@](Cc2ccc(F)cc2)(C(=O)O)C1. The summed E-state index contributed by atoms with van der Waals surface area (Å²) in [7, 11) is 0. The number of nitrogens with zero attached hydrogens (tertiary/aromatic N) is 1. The molecule has 1 amide bonds. The van der Waals surface area contributed by atoms with Crippen LogP contribution in [0, 0.1) is 11.2 Å². The molecule has 0 unspecified atom stereocenters. The van der Waals surface area contributed by atoms with Gasteiger partial charge in [0.15, 0.2) is 0 Å². The highest BCUT2D eigenvalue weighted by Crippen LogP contribution is 2.35. The molecule has 0 aliphatic carbocycles. The van der Waals surface area contributed by atoms with E-state index in [0.717, 1.165) is 11.1 Å². The number of halogens is 1. The van der Waals surface area contributed by atoms with Crippen molar-refractivity contribution in [3.63, 3.8) is 0 Å². The van der Waals surface area contributed by atoms with Crippen LogP contribution in [0.25, 0.3) is 0 Å². The van der Waals surface area contributed by atoms with Crippen LogP contribution in [-0.2, 0) is 29.0 Å². The Bertz CT molecular complexity index is 868. The van der Waals surface area contributed by atoms with E-state index in [9.17, 15) is 24.2 Å². The summed E-state index contributed by atoms with van der Waals surface area (Å²) in [6, 6.07) is 12.5. The topological polar surface area (TPSA) is 98.1 Å². The lowest BCUT2D eigenvalue weighted by Crippen LogP contribution is -2.58. The lowest BCUT2D eigenvalue weighted by molar-refractivity contribution is -0.165. The molecule has 0 spiro atoms. The van der Waals surface area contributed by atoms with Crippen molar-refractivity contribution < 1.29 is 29.3 Å². The van der Waals surface area contributed by atoms with Crippen molar-refractivity contribution in [3.8, 4) is 0 Å². The van der Waals surface area contributed by atoms with Crippen LogP contribution in [0.4, 0.5) is 4.39 Å². The molecule has 0 radical (unpaired) electrons. The number of benzene rings is 2. The lowest BCUT2D eigenvalue weighted by atomic mass is 9.72. The fourth-order valence-electron chi connectivity index (χ4n) is 3.77. The van der Waals surface area contributed by atoms with Crippen LogP contribution in [0.5, 0.6) is 0 Å². The maximum absolute atomic E-state index is 13.2. The van der Waals surface area contributed by atoms with Gasteiger partial charge in [-0.3, -0.25) is 9.59 Å². The Morgan fingerprint density at radius 2 is 1.62 bits per heavy atom. The molecule has 6 nitrogen and oxygen atoms in total. The normalized spacial score (nSPS) is 21.8. The molecule has 2 aromatic rings. The molecule has 0 aromatic heterocycles. The smallest absolute Gasteiger partial charge is 0.314 e. The quantitative estimate of drug-likeness (QED) is 0.685. The van der Waals surface area contributed by atoms with E-state index >= 15 is 0 Å². The summed E-state index contributed by atoms with van der Waals surface area (Å²) in [4.78, 5) is 26.4. The van der Waals surface area contributed by atoms with Crippen LogP contribution in [0.2, 0.25) is 0 Å². The van der Waals surface area contributed by atoms with Gasteiger partial charge in [0.25, 0.3) is 0 Å². The third kappa shape index (κ3) is 4.63. The molecule has 1 saturated heterocycles. The highest BCUT2D eigenvalue weighted by atomic mass is 19.1. The van der Waals surface area contributed by atoms with Gasteiger partial charge in [-0.05, 0) is 41.7 Å². The Hall–Kier alpha value is -2.77. The maximum atomic E-state index is 13.2. The van der Waals surface area contributed by atoms with E-state index in [-0.39, 0.29) is 44.9 Å². The van der Waals surface area contributed by atoms with Crippen molar-refractivity contribution >= 4 is 11.9 Å². The van der Waals surface area contributed by atoms with Gasteiger partial charge >= 0.3 is 5.97 Å². The van der Waals surface area contributed by atoms with Gasteiger partial charge in [0, 0.05) is 13.1 Å². The van der Waals surface area contributed by atoms with Crippen LogP contribution in [0.1, 0.15) is 23.1 Å². The summed E-state index contributed by atoms with van der Waals surface area (Å²) in [6.07, 6.45) is -0.854. The van der Waals surface area contributed by atoms with E-state index in [4.69, 9.17) is 5.11 Å². The van der Waals surface area contributed by atoms with Gasteiger partial charge in [-0.25, -0.2) is 4.39 Å². The van der Waals surface area contributed by atoms with Gasteiger partial charge in [-0.15, -0.1) is 0 Å². The summed E-state index contributed by atoms with van der Waals surface area (Å²) < 4.78 is 13.2. The summed E-state index contributed by atoms with van der Waals surface area (Å²) in [6.45, 7) is 0.0738. The number of aliphatic hydroxyl groups excluding tert-OH is 2. The molecule has 2 atom stereocenters. The largest absolute Gasteiger partial charge is 0.481 e. The van der Waals surface area contributed by atoms with Crippen LogP contribution in [0.3, 0.4) is 0 Å². The summed E-state index contributed by atoms with van der Waals surface area (Å²) in [5.41, 5.74) is 0.540. The number of carboxylic acids is 1. The fraction of sp³-hybridized carbons (Fsp3) is 0.364. The van der Waals surface area contributed by atoms with Gasteiger partial charge < -0.3 is 20.2 Å². The Kier molecular flexibility index (Phi) is 6.30. The van der Waals surface area contributed by atoms with E-state index in [0.29, 0.717) is 5.56 Å². The number of hydrogen-bond donors (Lipinski definition) is 3. The monoisotopic (exact) mass is 401 g/mol. The minimum Gasteiger partial charge on any atom is -0.481 e. The van der Waals surface area contributed by atoms with Crippen LogP contribution in [0.15, 0.2) is 48.5 Å². The number of likely N-dealkylation sites (tertiary alicyclic amines) is 1. The third-order valence-corrected chi connectivity index (χ3v) is 5.56. The molecule has 1 aliphatic rings. The second-order valence-corrected chi connectivity index (χ2v) is 7.54. The molecule has 1 aliphatic heterocycles. The molecule has 1 fully saturated rings. The molecule has 0 bridgehead atoms. The first-order valence-corrected chi connectivity index (χ1v) is 9.46. The van der Waals surface area contributed by atoms with Gasteiger partial charge in [0.05, 0.1) is 19.1 Å². The zero-order chi connectivity index (χ0) is 21.0. The minimum absolute atomic E-state index is 0.00123. The van der Waals surface area contributed by atoms with E-state index in [1.54, 1.807) is 24.3 Å². The minimum atomic E-state index is -1.55. The van der Waals surface area contributed by atoms with Crippen molar-refractivity contribution in [3.05, 3.63) is 71.0 Å².